The lowest BCUT2D eigenvalue weighted by Crippen LogP contribution is -2.21. The first-order valence-corrected chi connectivity index (χ1v) is 11.1. The maximum atomic E-state index is 14.3. The highest BCUT2D eigenvalue weighted by molar-refractivity contribution is 6.37. The second kappa shape index (κ2) is 14.0. The maximum Gasteiger partial charge on any atom is 0.890 e. The number of halogens is 9. The van der Waals surface area contributed by atoms with E-state index in [2.05, 4.69) is 14.2 Å². The van der Waals surface area contributed by atoms with Crippen molar-refractivity contribution in [3.8, 4) is 53.3 Å². The van der Waals surface area contributed by atoms with Crippen LogP contribution in [0.5, 0.6) is 17.2 Å². The second-order valence-electron chi connectivity index (χ2n) is 7.52. The molecular weight excluding hydrogens is 602 g/mol. The van der Waals surface area contributed by atoms with E-state index in [-0.39, 0.29) is 0 Å². The molecule has 0 unspecified atom stereocenters. The smallest absolute Gasteiger partial charge is 0.491 e. The lowest BCUT2D eigenvalue weighted by molar-refractivity contribution is 0.257. The monoisotopic (exact) mass is 614 g/mol. The molecule has 16 heteroatoms. The third kappa shape index (κ3) is 7.08. The molecule has 0 amide bonds. The SMILES string of the molecule is COc1c(F)c(F)cc(C#COB(OC#Cc2cc(F)c(F)c(OC)c2F)OC#Cc2cc(F)c(F)c(OC)c2F)c1F. The zero-order valence-electron chi connectivity index (χ0n) is 21.7. The summed E-state index contributed by atoms with van der Waals surface area (Å²) >= 11 is 0. The molecule has 0 saturated carbocycles. The average molecular weight is 614 g/mol. The van der Waals surface area contributed by atoms with E-state index in [1.807, 2.05) is 17.8 Å². The fourth-order valence-corrected chi connectivity index (χ4v) is 3.02. The molecule has 222 valence electrons. The van der Waals surface area contributed by atoms with E-state index in [1.165, 1.54) is 0 Å². The molecule has 0 aliphatic rings. The van der Waals surface area contributed by atoms with Crippen molar-refractivity contribution in [2.75, 3.05) is 21.3 Å². The van der Waals surface area contributed by atoms with Crippen LogP contribution in [-0.2, 0) is 14.0 Å². The van der Waals surface area contributed by atoms with Gasteiger partial charge in [0.25, 0.3) is 0 Å². The first-order chi connectivity index (χ1) is 20.4. The summed E-state index contributed by atoms with van der Waals surface area (Å²) in [6.45, 7) is 0. The van der Waals surface area contributed by atoms with Crippen LogP contribution < -0.4 is 14.2 Å². The molecule has 0 aliphatic heterocycles. The number of ether oxygens (including phenoxy) is 3. The van der Waals surface area contributed by atoms with Crippen molar-refractivity contribution in [3.05, 3.63) is 87.2 Å². The lowest BCUT2D eigenvalue weighted by atomic mass is 10.2. The van der Waals surface area contributed by atoms with E-state index in [4.69, 9.17) is 14.0 Å². The highest BCUT2D eigenvalue weighted by Crippen LogP contribution is 2.28. The van der Waals surface area contributed by atoms with Crippen LogP contribution in [0.2, 0.25) is 0 Å². The van der Waals surface area contributed by atoms with Crippen LogP contribution in [0.15, 0.2) is 18.2 Å². The lowest BCUT2D eigenvalue weighted by Gasteiger charge is -2.06. The van der Waals surface area contributed by atoms with Gasteiger partial charge in [0.15, 0.2) is 52.2 Å². The number of methoxy groups -OCH3 is 3. The minimum atomic E-state index is -2.17. The molecule has 0 N–H and O–H groups in total. The van der Waals surface area contributed by atoms with Gasteiger partial charge < -0.3 is 28.2 Å². The average Bonchev–Trinajstić information content (AvgIpc) is 2.97. The van der Waals surface area contributed by atoms with Gasteiger partial charge in [-0.05, 0) is 36.0 Å². The molecule has 0 atom stereocenters. The van der Waals surface area contributed by atoms with E-state index in [0.29, 0.717) is 18.2 Å². The molecule has 0 heterocycles. The first-order valence-electron chi connectivity index (χ1n) is 11.1. The summed E-state index contributed by atoms with van der Waals surface area (Å²) < 4.78 is 153. The Hall–Kier alpha value is -5.43. The van der Waals surface area contributed by atoms with Crippen LogP contribution in [0.4, 0.5) is 39.5 Å². The highest BCUT2D eigenvalue weighted by Gasteiger charge is 2.28. The van der Waals surface area contributed by atoms with Gasteiger partial charge in [-0.2, -0.15) is 13.2 Å². The van der Waals surface area contributed by atoms with E-state index < -0.39 is 93.6 Å². The van der Waals surface area contributed by atoms with Gasteiger partial charge in [0, 0.05) is 0 Å². The summed E-state index contributed by atoms with van der Waals surface area (Å²) in [6, 6.07) is 1.08. The van der Waals surface area contributed by atoms with Crippen molar-refractivity contribution >= 4 is 7.32 Å². The first kappa shape index (κ1) is 32.1. The van der Waals surface area contributed by atoms with Crippen molar-refractivity contribution in [1.29, 1.82) is 0 Å². The molecule has 0 radical (unpaired) electrons. The van der Waals surface area contributed by atoms with Gasteiger partial charge >= 0.3 is 7.32 Å². The van der Waals surface area contributed by atoms with Crippen molar-refractivity contribution in [3.63, 3.8) is 0 Å². The molecule has 3 aromatic rings. The Morgan fingerprint density at radius 3 is 0.930 bits per heavy atom. The van der Waals surface area contributed by atoms with Crippen LogP contribution in [0.25, 0.3) is 0 Å². The molecule has 0 fully saturated rings. The molecule has 0 bridgehead atoms. The van der Waals surface area contributed by atoms with Crippen LogP contribution in [-0.4, -0.2) is 28.7 Å². The number of rotatable bonds is 6. The van der Waals surface area contributed by atoms with Gasteiger partial charge in [-0.25, -0.2) is 26.3 Å². The van der Waals surface area contributed by atoms with Gasteiger partial charge in [0.05, 0.1) is 38.0 Å². The van der Waals surface area contributed by atoms with Crippen LogP contribution in [0.3, 0.4) is 0 Å². The molecule has 0 aromatic heterocycles. The summed E-state index contributed by atoms with van der Waals surface area (Å²) in [4.78, 5) is 0. The van der Waals surface area contributed by atoms with Gasteiger partial charge in [0.2, 0.25) is 17.5 Å². The zero-order chi connectivity index (χ0) is 31.8. The highest BCUT2D eigenvalue weighted by atomic mass is 19.2. The molecule has 6 nitrogen and oxygen atoms in total. The summed E-state index contributed by atoms with van der Waals surface area (Å²) in [5.41, 5.74) is -2.30. The van der Waals surface area contributed by atoms with E-state index in [9.17, 15) is 39.5 Å². The van der Waals surface area contributed by atoms with Crippen LogP contribution in [0, 0.1) is 88.4 Å². The number of benzene rings is 3. The van der Waals surface area contributed by atoms with Crippen molar-refractivity contribution < 1.29 is 67.7 Å². The minimum Gasteiger partial charge on any atom is -0.491 e. The molecule has 3 aromatic carbocycles. The van der Waals surface area contributed by atoms with E-state index >= 15 is 0 Å². The van der Waals surface area contributed by atoms with Crippen LogP contribution >= 0.6 is 0 Å². The normalized spacial score (nSPS) is 9.77. The fourth-order valence-electron chi connectivity index (χ4n) is 3.02. The largest absolute Gasteiger partial charge is 0.890 e. The Kier molecular flexibility index (Phi) is 10.4. The third-order valence-electron chi connectivity index (χ3n) is 4.98. The molecule has 3 rings (SSSR count). The Bertz CT molecular complexity index is 1550. The maximum absolute atomic E-state index is 14.3. The van der Waals surface area contributed by atoms with E-state index in [0.717, 1.165) is 21.3 Å². The quantitative estimate of drug-likeness (QED) is 0.162. The van der Waals surface area contributed by atoms with Gasteiger partial charge in [0.1, 0.15) is 18.3 Å². The molecule has 0 saturated heterocycles. The minimum absolute atomic E-state index is 0.359. The Labute approximate surface area is 237 Å². The summed E-state index contributed by atoms with van der Waals surface area (Å²) in [5.74, 6) is -11.2. The number of hydrogen-bond acceptors (Lipinski definition) is 6. The predicted molar refractivity (Wildman–Crippen MR) is 128 cm³/mol. The summed E-state index contributed by atoms with van der Waals surface area (Å²) in [6.07, 6.45) is 5.41. The fraction of sp³-hybridized carbons (Fsp3) is 0.111. The van der Waals surface area contributed by atoms with Gasteiger partial charge in [-0.3, -0.25) is 0 Å². The third-order valence-corrected chi connectivity index (χ3v) is 4.98. The molecule has 0 spiro atoms. The second-order valence-corrected chi connectivity index (χ2v) is 7.52. The summed E-state index contributed by atoms with van der Waals surface area (Å²) in [5, 5.41) is 0. The Balaban J connectivity index is 1.94. The van der Waals surface area contributed by atoms with Gasteiger partial charge in [-0.15, -0.1) is 0 Å². The van der Waals surface area contributed by atoms with Gasteiger partial charge in [-0.1, -0.05) is 0 Å². The van der Waals surface area contributed by atoms with Crippen LogP contribution in [0.1, 0.15) is 16.7 Å². The van der Waals surface area contributed by atoms with Crippen molar-refractivity contribution in [2.24, 2.45) is 0 Å². The summed E-state index contributed by atoms with van der Waals surface area (Å²) in [7, 11) is 0.412. The predicted octanol–water partition coefficient (Wildman–Crippen LogP) is 5.33. The standard InChI is InChI=1S/C27H12BF9O6/c1-38-25-19(32)13(10-16(29)22(25)35)4-7-41-28(42-8-5-14-11-17(30)23(36)26(39-2)20(14)33)43-9-6-15-12-18(31)24(37)27(40-3)21(15)34/h10-12H,1-3H3. The molecular formula is C27H12BF9O6. The number of hydrogen-bond donors (Lipinski definition) is 0. The van der Waals surface area contributed by atoms with Crippen molar-refractivity contribution in [1.82, 2.24) is 0 Å². The Morgan fingerprint density at radius 1 is 0.442 bits per heavy atom. The van der Waals surface area contributed by atoms with Crippen molar-refractivity contribution in [2.45, 2.75) is 0 Å². The topological polar surface area (TPSA) is 55.4 Å². The zero-order valence-corrected chi connectivity index (χ0v) is 21.7. The Morgan fingerprint density at radius 2 is 0.698 bits per heavy atom. The molecule has 43 heavy (non-hydrogen) atoms. The molecule has 0 aliphatic carbocycles. The van der Waals surface area contributed by atoms with E-state index in [1.54, 1.807) is 18.3 Å².